The molecule has 0 spiro atoms. The molecule has 1 aromatic rings. The third-order valence-electron chi connectivity index (χ3n) is 1.12. The first kappa shape index (κ1) is 9.85. The fourth-order valence-corrected chi connectivity index (χ4v) is 1.37. The number of rotatable bonds is 1. The van der Waals surface area contributed by atoms with Crippen molar-refractivity contribution in [3.8, 4) is 6.07 Å². The Hall–Kier alpha value is -0.150. The Morgan fingerprint density at radius 1 is 1.80 bits per heavy atom. The molecule has 2 nitrogen and oxygen atoms in total. The zero-order chi connectivity index (χ0) is 6.69. The molecule has 0 N–H and O–H groups in total. The van der Waals surface area contributed by atoms with E-state index in [1.165, 1.54) is 0 Å². The van der Waals surface area contributed by atoms with Gasteiger partial charge < -0.3 is 24.0 Å². The van der Waals surface area contributed by atoms with Crippen LogP contribution in [-0.2, 0) is 6.54 Å². The molecule has 54 valence electrons. The molecule has 0 aromatic carbocycles. The van der Waals surface area contributed by atoms with Crippen LogP contribution in [0.2, 0.25) is 0 Å². The number of hydrogen-bond acceptors (Lipinski definition) is 2. The summed E-state index contributed by atoms with van der Waals surface area (Å²) < 4.78 is 1.92. The molecule has 1 aromatic heterocycles. The van der Waals surface area contributed by atoms with Gasteiger partial charge in [-0.2, -0.15) is 9.83 Å². The molecular formula is C6H7IN2S. The predicted octanol–water partition coefficient (Wildman–Crippen LogP) is -2.13. The van der Waals surface area contributed by atoms with Gasteiger partial charge in [-0.15, -0.1) is 0 Å². The van der Waals surface area contributed by atoms with Crippen LogP contribution in [0.1, 0.15) is 5.69 Å². The third-order valence-corrected chi connectivity index (χ3v) is 1.97. The van der Waals surface area contributed by atoms with Gasteiger partial charge in [-0.05, 0) is 0 Å². The Morgan fingerprint density at radius 3 is 2.90 bits per heavy atom. The summed E-state index contributed by atoms with van der Waals surface area (Å²) in [5.41, 5.74) is 3.10. The van der Waals surface area contributed by atoms with Crippen LogP contribution in [0.25, 0.3) is 0 Å². The maximum absolute atomic E-state index is 8.30. The fourth-order valence-electron chi connectivity index (χ4n) is 0.591. The minimum Gasteiger partial charge on any atom is -1.00 e. The standard InChI is InChI=1S/C6H7N2S.HI/c1-6-4-9-5-8(6)3-2-7;/h4-5H,3H2,1H3;1H/q+1;/p-1. The van der Waals surface area contributed by atoms with Gasteiger partial charge in [-0.25, -0.2) is 0 Å². The van der Waals surface area contributed by atoms with Gasteiger partial charge in [0.1, 0.15) is 6.07 Å². The largest absolute Gasteiger partial charge is 1.00 e. The van der Waals surface area contributed by atoms with Gasteiger partial charge in [-0.3, -0.25) is 0 Å². The lowest BCUT2D eigenvalue weighted by molar-refractivity contribution is -0.686. The highest BCUT2D eigenvalue weighted by Crippen LogP contribution is 1.95. The number of aryl methyl sites for hydroxylation is 1. The second kappa shape index (κ2) is 4.63. The van der Waals surface area contributed by atoms with E-state index >= 15 is 0 Å². The molecule has 10 heavy (non-hydrogen) atoms. The number of nitrogens with zero attached hydrogens (tertiary/aromatic N) is 2. The van der Waals surface area contributed by atoms with Crippen molar-refractivity contribution in [2.45, 2.75) is 13.5 Å². The number of thiazole rings is 1. The number of aromatic nitrogens is 1. The third kappa shape index (κ3) is 2.23. The molecule has 0 atom stereocenters. The molecule has 0 bridgehead atoms. The maximum atomic E-state index is 8.30. The lowest BCUT2D eigenvalue weighted by Crippen LogP contribution is -3.00. The number of halogens is 1. The van der Waals surface area contributed by atoms with Gasteiger partial charge in [0.25, 0.3) is 0 Å². The van der Waals surface area contributed by atoms with E-state index < -0.39 is 0 Å². The van der Waals surface area contributed by atoms with E-state index in [0.29, 0.717) is 6.54 Å². The summed E-state index contributed by atoms with van der Waals surface area (Å²) in [7, 11) is 0. The van der Waals surface area contributed by atoms with Crippen LogP contribution in [0, 0.1) is 18.3 Å². The van der Waals surface area contributed by atoms with Crippen molar-refractivity contribution in [2.75, 3.05) is 0 Å². The average Bonchev–Trinajstić information content (AvgIpc) is 2.18. The number of nitriles is 1. The minimum atomic E-state index is 0. The van der Waals surface area contributed by atoms with Gasteiger partial charge in [0.15, 0.2) is 5.69 Å². The molecule has 1 heterocycles. The van der Waals surface area contributed by atoms with E-state index in [4.69, 9.17) is 5.26 Å². The highest BCUT2D eigenvalue weighted by Gasteiger charge is 2.03. The molecule has 0 radical (unpaired) electrons. The summed E-state index contributed by atoms with van der Waals surface area (Å²) in [5, 5.41) is 10.3. The van der Waals surface area contributed by atoms with Crippen molar-refractivity contribution >= 4 is 11.3 Å². The first-order valence-corrected chi connectivity index (χ1v) is 3.58. The Kier molecular flexibility index (Phi) is 4.56. The Balaban J connectivity index is 0.000000810. The fraction of sp³-hybridized carbons (Fsp3) is 0.333. The van der Waals surface area contributed by atoms with Crippen LogP contribution in [-0.4, -0.2) is 0 Å². The minimum absolute atomic E-state index is 0. The van der Waals surface area contributed by atoms with Crippen molar-refractivity contribution in [1.29, 1.82) is 5.26 Å². The van der Waals surface area contributed by atoms with Crippen LogP contribution in [0.15, 0.2) is 10.9 Å². The quantitative estimate of drug-likeness (QED) is 0.421. The van der Waals surface area contributed by atoms with E-state index in [1.54, 1.807) is 11.3 Å². The SMILES string of the molecule is Cc1csc[n+]1CC#N.[I-]. The Bertz CT molecular complexity index is 238. The second-order valence-corrected chi connectivity index (χ2v) is 2.51. The molecule has 0 aliphatic heterocycles. The van der Waals surface area contributed by atoms with E-state index in [1.807, 2.05) is 22.4 Å². The molecule has 4 heteroatoms. The molecule has 0 aliphatic carbocycles. The highest BCUT2D eigenvalue weighted by molar-refractivity contribution is 7.07. The van der Waals surface area contributed by atoms with E-state index in [-0.39, 0.29) is 24.0 Å². The number of hydrogen-bond donors (Lipinski definition) is 0. The first-order valence-electron chi connectivity index (χ1n) is 2.64. The van der Waals surface area contributed by atoms with Crippen LogP contribution in [0.4, 0.5) is 0 Å². The maximum Gasteiger partial charge on any atom is 0.235 e. The van der Waals surface area contributed by atoms with Crippen molar-refractivity contribution < 1.29 is 28.5 Å². The first-order chi connectivity index (χ1) is 4.34. The zero-order valence-electron chi connectivity index (χ0n) is 5.54. The van der Waals surface area contributed by atoms with Gasteiger partial charge >= 0.3 is 0 Å². The van der Waals surface area contributed by atoms with Crippen LogP contribution in [0.5, 0.6) is 0 Å². The average molecular weight is 266 g/mol. The molecule has 0 amide bonds. The van der Waals surface area contributed by atoms with Crippen LogP contribution < -0.4 is 28.5 Å². The van der Waals surface area contributed by atoms with E-state index in [9.17, 15) is 0 Å². The predicted molar refractivity (Wildman–Crippen MR) is 34.9 cm³/mol. The summed E-state index contributed by atoms with van der Waals surface area (Å²) in [6, 6.07) is 2.08. The van der Waals surface area contributed by atoms with Crippen LogP contribution in [0.3, 0.4) is 0 Å². The summed E-state index contributed by atoms with van der Waals surface area (Å²) in [5.74, 6) is 0. The molecular weight excluding hydrogens is 259 g/mol. The molecule has 0 saturated carbocycles. The smallest absolute Gasteiger partial charge is 0.235 e. The van der Waals surface area contributed by atoms with Crippen molar-refractivity contribution in [1.82, 2.24) is 0 Å². The molecule has 0 saturated heterocycles. The summed E-state index contributed by atoms with van der Waals surface area (Å²) in [6.07, 6.45) is 0. The Labute approximate surface area is 81.1 Å². The Morgan fingerprint density at radius 2 is 2.50 bits per heavy atom. The van der Waals surface area contributed by atoms with Crippen molar-refractivity contribution in [3.63, 3.8) is 0 Å². The summed E-state index contributed by atoms with van der Waals surface area (Å²) in [6.45, 7) is 2.46. The zero-order valence-corrected chi connectivity index (χ0v) is 8.52. The molecule has 0 unspecified atom stereocenters. The molecule has 1 rings (SSSR count). The highest BCUT2D eigenvalue weighted by atomic mass is 127. The second-order valence-electron chi connectivity index (χ2n) is 1.79. The summed E-state index contributed by atoms with van der Waals surface area (Å²) >= 11 is 1.62. The van der Waals surface area contributed by atoms with E-state index in [0.717, 1.165) is 5.69 Å². The molecule has 0 aliphatic rings. The normalized spacial score (nSPS) is 8.00. The van der Waals surface area contributed by atoms with Gasteiger partial charge in [0.05, 0.1) is 5.38 Å². The topological polar surface area (TPSA) is 27.7 Å². The van der Waals surface area contributed by atoms with E-state index in [2.05, 4.69) is 6.07 Å². The monoisotopic (exact) mass is 266 g/mol. The lowest BCUT2D eigenvalue weighted by atomic mass is 10.5. The van der Waals surface area contributed by atoms with Gasteiger partial charge in [0.2, 0.25) is 12.1 Å². The van der Waals surface area contributed by atoms with Gasteiger partial charge in [0, 0.05) is 6.92 Å². The van der Waals surface area contributed by atoms with Crippen LogP contribution >= 0.6 is 11.3 Å². The van der Waals surface area contributed by atoms with Crippen molar-refractivity contribution in [2.24, 2.45) is 0 Å². The van der Waals surface area contributed by atoms with Crippen molar-refractivity contribution in [3.05, 3.63) is 16.6 Å². The summed E-state index contributed by atoms with van der Waals surface area (Å²) in [4.78, 5) is 0. The molecule has 0 fully saturated rings. The lowest BCUT2D eigenvalue weighted by Gasteiger charge is -1.80. The van der Waals surface area contributed by atoms with Gasteiger partial charge in [-0.1, -0.05) is 11.3 Å².